The molecule has 0 radical (unpaired) electrons. The summed E-state index contributed by atoms with van der Waals surface area (Å²) in [5.74, 6) is -0.117. The molecule has 2 rings (SSSR count). The van der Waals surface area contributed by atoms with Crippen molar-refractivity contribution in [2.75, 3.05) is 0 Å². The number of hydrogen-bond donors (Lipinski definition) is 1. The molecule has 0 atom stereocenters. The molecule has 0 bridgehead atoms. The van der Waals surface area contributed by atoms with Gasteiger partial charge < -0.3 is 0 Å². The molecule has 0 aliphatic rings. The summed E-state index contributed by atoms with van der Waals surface area (Å²) in [6.45, 7) is 1.85. The van der Waals surface area contributed by atoms with Crippen LogP contribution < -0.4 is 5.43 Å². The average Bonchev–Trinajstić information content (AvgIpc) is 2.53. The molecule has 0 fully saturated rings. The van der Waals surface area contributed by atoms with Gasteiger partial charge in [0, 0.05) is 0 Å². The largest absolute Gasteiger partial charge is 0.273 e. The zero-order valence-corrected chi connectivity index (χ0v) is 12.0. The number of benzene rings is 2. The van der Waals surface area contributed by atoms with E-state index in [2.05, 4.69) is 10.5 Å². The number of allylic oxidation sites excluding steroid dienone is 1. The lowest BCUT2D eigenvalue weighted by atomic mass is 10.1. The van der Waals surface area contributed by atoms with Crippen molar-refractivity contribution in [2.45, 2.75) is 13.3 Å². The van der Waals surface area contributed by atoms with Crippen molar-refractivity contribution in [2.24, 2.45) is 5.10 Å². The summed E-state index contributed by atoms with van der Waals surface area (Å²) in [6.07, 6.45) is 4.17. The molecule has 0 saturated heterocycles. The Morgan fingerprint density at radius 1 is 1.05 bits per heavy atom. The maximum Gasteiger partial charge on any atom is 0.244 e. The fourth-order valence-corrected chi connectivity index (χ4v) is 1.79. The van der Waals surface area contributed by atoms with Crippen LogP contribution in [0, 0.1) is 0 Å². The minimum absolute atomic E-state index is 0.117. The van der Waals surface area contributed by atoms with Gasteiger partial charge in [0.1, 0.15) is 0 Å². The number of carbonyl (C=O) groups is 1. The Morgan fingerprint density at radius 3 is 2.33 bits per heavy atom. The summed E-state index contributed by atoms with van der Waals surface area (Å²) < 4.78 is 0. The van der Waals surface area contributed by atoms with Gasteiger partial charge in [-0.2, -0.15) is 5.10 Å². The highest BCUT2D eigenvalue weighted by molar-refractivity contribution is 5.97. The van der Waals surface area contributed by atoms with E-state index in [4.69, 9.17) is 0 Å². The summed E-state index contributed by atoms with van der Waals surface area (Å²) in [7, 11) is 0. The van der Waals surface area contributed by atoms with Crippen molar-refractivity contribution in [1.29, 1.82) is 0 Å². The van der Waals surface area contributed by atoms with E-state index < -0.39 is 0 Å². The lowest BCUT2D eigenvalue weighted by Crippen LogP contribution is -2.20. The first-order valence-corrected chi connectivity index (χ1v) is 6.84. The van der Waals surface area contributed by atoms with Gasteiger partial charge in [0.2, 0.25) is 5.91 Å². The van der Waals surface area contributed by atoms with E-state index in [1.54, 1.807) is 0 Å². The Bertz CT molecular complexity index is 631. The molecule has 2 aromatic carbocycles. The molecular weight excluding hydrogens is 260 g/mol. The minimum atomic E-state index is -0.117. The summed E-state index contributed by atoms with van der Waals surface area (Å²) in [6, 6.07) is 19.6. The Labute approximate surface area is 125 Å². The Morgan fingerprint density at radius 2 is 1.67 bits per heavy atom. The fraction of sp³-hybridized carbons (Fsp3) is 0.111. The van der Waals surface area contributed by atoms with Crippen LogP contribution >= 0.6 is 0 Å². The molecule has 0 spiro atoms. The first-order chi connectivity index (χ1) is 10.2. The van der Waals surface area contributed by atoms with Crippen LogP contribution in [0.15, 0.2) is 71.8 Å². The van der Waals surface area contributed by atoms with Gasteiger partial charge in [-0.25, -0.2) is 5.43 Å². The second-order valence-electron chi connectivity index (χ2n) is 4.69. The van der Waals surface area contributed by atoms with Gasteiger partial charge in [-0.3, -0.25) is 4.79 Å². The van der Waals surface area contributed by atoms with E-state index in [1.165, 1.54) is 0 Å². The monoisotopic (exact) mass is 278 g/mol. The second-order valence-corrected chi connectivity index (χ2v) is 4.69. The topological polar surface area (TPSA) is 41.5 Å². The maximum atomic E-state index is 11.7. The van der Waals surface area contributed by atoms with E-state index in [0.29, 0.717) is 6.42 Å². The number of hydrazone groups is 1. The second kappa shape index (κ2) is 7.80. The molecule has 106 valence electrons. The SMILES string of the molecule is CC(C=Cc1ccccc1)=NNC(=O)Cc1ccccc1. The summed E-state index contributed by atoms with van der Waals surface area (Å²) in [5.41, 5.74) is 5.39. The molecule has 21 heavy (non-hydrogen) atoms. The van der Waals surface area contributed by atoms with E-state index >= 15 is 0 Å². The molecule has 3 heteroatoms. The summed E-state index contributed by atoms with van der Waals surface area (Å²) >= 11 is 0. The molecule has 1 amide bonds. The van der Waals surface area contributed by atoms with Gasteiger partial charge in [0.25, 0.3) is 0 Å². The molecule has 3 nitrogen and oxygen atoms in total. The highest BCUT2D eigenvalue weighted by atomic mass is 16.2. The van der Waals surface area contributed by atoms with Gasteiger partial charge in [-0.1, -0.05) is 66.7 Å². The van der Waals surface area contributed by atoms with Crippen molar-refractivity contribution in [3.8, 4) is 0 Å². The van der Waals surface area contributed by atoms with Crippen LogP contribution in [-0.2, 0) is 11.2 Å². The number of rotatable bonds is 5. The van der Waals surface area contributed by atoms with Gasteiger partial charge >= 0.3 is 0 Å². The molecular formula is C18H18N2O. The van der Waals surface area contributed by atoms with E-state index in [9.17, 15) is 4.79 Å². The Kier molecular flexibility index (Phi) is 5.47. The first kappa shape index (κ1) is 14.7. The number of nitrogens with one attached hydrogen (secondary N) is 1. The average molecular weight is 278 g/mol. The first-order valence-electron chi connectivity index (χ1n) is 6.84. The lowest BCUT2D eigenvalue weighted by Gasteiger charge is -2.00. The van der Waals surface area contributed by atoms with E-state index in [0.717, 1.165) is 16.8 Å². The van der Waals surface area contributed by atoms with Crippen LogP contribution in [0.25, 0.3) is 6.08 Å². The Hall–Kier alpha value is -2.68. The number of nitrogens with zero attached hydrogens (tertiary/aromatic N) is 1. The summed E-state index contributed by atoms with van der Waals surface area (Å²) in [5, 5.41) is 4.07. The molecule has 2 aromatic rings. The van der Waals surface area contributed by atoms with Crippen molar-refractivity contribution in [1.82, 2.24) is 5.43 Å². The molecule has 0 unspecified atom stereocenters. The zero-order chi connectivity index (χ0) is 14.9. The lowest BCUT2D eigenvalue weighted by molar-refractivity contribution is -0.120. The highest BCUT2D eigenvalue weighted by Gasteiger charge is 2.00. The number of carbonyl (C=O) groups excluding carboxylic acids is 1. The third-order valence-corrected chi connectivity index (χ3v) is 2.88. The van der Waals surface area contributed by atoms with Crippen molar-refractivity contribution >= 4 is 17.7 Å². The third-order valence-electron chi connectivity index (χ3n) is 2.88. The minimum Gasteiger partial charge on any atom is -0.273 e. The molecule has 0 saturated carbocycles. The fourth-order valence-electron chi connectivity index (χ4n) is 1.79. The van der Waals surface area contributed by atoms with Crippen LogP contribution in [0.3, 0.4) is 0 Å². The van der Waals surface area contributed by atoms with Crippen molar-refractivity contribution in [3.63, 3.8) is 0 Å². The smallest absolute Gasteiger partial charge is 0.244 e. The number of amides is 1. The van der Waals surface area contributed by atoms with E-state index in [1.807, 2.05) is 79.7 Å². The van der Waals surface area contributed by atoms with Gasteiger partial charge in [-0.15, -0.1) is 0 Å². The van der Waals surface area contributed by atoms with E-state index in [-0.39, 0.29) is 5.91 Å². The van der Waals surface area contributed by atoms with Crippen LogP contribution in [0.4, 0.5) is 0 Å². The molecule has 0 aliphatic heterocycles. The molecule has 0 aromatic heterocycles. The van der Waals surface area contributed by atoms with Crippen LogP contribution in [0.5, 0.6) is 0 Å². The van der Waals surface area contributed by atoms with Crippen LogP contribution in [-0.4, -0.2) is 11.6 Å². The molecule has 0 heterocycles. The zero-order valence-electron chi connectivity index (χ0n) is 12.0. The maximum absolute atomic E-state index is 11.7. The van der Waals surface area contributed by atoms with Crippen LogP contribution in [0.2, 0.25) is 0 Å². The summed E-state index contributed by atoms with van der Waals surface area (Å²) in [4.78, 5) is 11.7. The number of hydrogen-bond acceptors (Lipinski definition) is 2. The van der Waals surface area contributed by atoms with Crippen molar-refractivity contribution < 1.29 is 4.79 Å². The molecule has 0 aliphatic carbocycles. The van der Waals surface area contributed by atoms with Gasteiger partial charge in [0.15, 0.2) is 0 Å². The predicted octanol–water partition coefficient (Wildman–Crippen LogP) is 3.43. The normalized spacial score (nSPS) is 11.6. The standard InChI is InChI=1S/C18H18N2O/c1-15(12-13-16-8-4-2-5-9-16)19-20-18(21)14-17-10-6-3-7-11-17/h2-13H,14H2,1H3,(H,20,21). The van der Waals surface area contributed by atoms with Crippen LogP contribution in [0.1, 0.15) is 18.1 Å². The van der Waals surface area contributed by atoms with Crippen molar-refractivity contribution in [3.05, 3.63) is 77.9 Å². The highest BCUT2D eigenvalue weighted by Crippen LogP contribution is 2.01. The quantitative estimate of drug-likeness (QED) is 0.660. The third kappa shape index (κ3) is 5.45. The van der Waals surface area contributed by atoms with Gasteiger partial charge in [0.05, 0.1) is 12.1 Å². The van der Waals surface area contributed by atoms with Gasteiger partial charge in [-0.05, 0) is 24.1 Å². The molecule has 1 N–H and O–H groups in total. The Balaban J connectivity index is 1.85. The predicted molar refractivity (Wildman–Crippen MR) is 86.9 cm³/mol.